The predicted octanol–water partition coefficient (Wildman–Crippen LogP) is 3.54. The second kappa shape index (κ2) is 5.81. The zero-order valence-corrected chi connectivity index (χ0v) is 12.2. The molecule has 100 valence electrons. The summed E-state index contributed by atoms with van der Waals surface area (Å²) in [6.07, 6.45) is 0. The third-order valence-corrected chi connectivity index (χ3v) is 3.92. The van der Waals surface area contributed by atoms with Crippen LogP contribution in [0.15, 0.2) is 34.1 Å². The van der Waals surface area contributed by atoms with Crippen molar-refractivity contribution in [3.8, 4) is 6.07 Å². The van der Waals surface area contributed by atoms with E-state index in [-0.39, 0.29) is 11.3 Å². The fraction of sp³-hybridized carbons (Fsp3) is 0. The first-order valence-electron chi connectivity index (χ1n) is 5.26. The van der Waals surface area contributed by atoms with Gasteiger partial charge in [0.1, 0.15) is 11.1 Å². The number of amides is 1. The maximum Gasteiger partial charge on any atom is 0.284 e. The summed E-state index contributed by atoms with van der Waals surface area (Å²) in [7, 11) is 0. The molecule has 1 aromatic heterocycles. The standard InChI is InChI=1S/C12H6BrN3O3S/c13-9-2-1-7(5-10(9)16(18)19)11(17)15-12-8(6-14)3-4-20-12/h1-5H,(H,15,17). The Morgan fingerprint density at radius 1 is 1.45 bits per heavy atom. The normalized spacial score (nSPS) is 9.80. The number of nitro benzene ring substituents is 1. The highest BCUT2D eigenvalue weighted by Gasteiger charge is 2.17. The lowest BCUT2D eigenvalue weighted by atomic mass is 10.2. The second-order valence-electron chi connectivity index (χ2n) is 3.65. The van der Waals surface area contributed by atoms with E-state index in [1.54, 1.807) is 11.4 Å². The Bertz CT molecular complexity index is 736. The van der Waals surface area contributed by atoms with Gasteiger partial charge in [0, 0.05) is 11.6 Å². The zero-order valence-electron chi connectivity index (χ0n) is 9.79. The third kappa shape index (κ3) is 2.84. The fourth-order valence-corrected chi connectivity index (χ4v) is 2.59. The van der Waals surface area contributed by atoms with Crippen LogP contribution in [-0.2, 0) is 0 Å². The van der Waals surface area contributed by atoms with Crippen molar-refractivity contribution in [2.75, 3.05) is 5.32 Å². The van der Waals surface area contributed by atoms with Crippen LogP contribution in [0.3, 0.4) is 0 Å². The van der Waals surface area contributed by atoms with Crippen LogP contribution < -0.4 is 5.32 Å². The van der Waals surface area contributed by atoms with Gasteiger partial charge in [-0.2, -0.15) is 5.26 Å². The van der Waals surface area contributed by atoms with E-state index in [0.29, 0.717) is 15.0 Å². The molecule has 1 amide bonds. The summed E-state index contributed by atoms with van der Waals surface area (Å²) < 4.78 is 0.299. The molecule has 2 aromatic rings. The monoisotopic (exact) mass is 351 g/mol. The first-order chi connectivity index (χ1) is 9.52. The number of halogens is 1. The number of nitrogens with one attached hydrogen (secondary N) is 1. The highest BCUT2D eigenvalue weighted by Crippen LogP contribution is 2.27. The van der Waals surface area contributed by atoms with Crippen LogP contribution in [0.25, 0.3) is 0 Å². The topological polar surface area (TPSA) is 96.0 Å². The van der Waals surface area contributed by atoms with Crippen LogP contribution in [0.5, 0.6) is 0 Å². The summed E-state index contributed by atoms with van der Waals surface area (Å²) in [5, 5.41) is 24.3. The van der Waals surface area contributed by atoms with Gasteiger partial charge in [0.15, 0.2) is 0 Å². The fourth-order valence-electron chi connectivity index (χ4n) is 1.46. The SMILES string of the molecule is N#Cc1ccsc1NC(=O)c1ccc(Br)c([N+](=O)[O-])c1. The number of rotatable bonds is 3. The van der Waals surface area contributed by atoms with E-state index >= 15 is 0 Å². The third-order valence-electron chi connectivity index (χ3n) is 2.42. The van der Waals surface area contributed by atoms with E-state index in [4.69, 9.17) is 5.26 Å². The van der Waals surface area contributed by atoms with Crippen molar-refractivity contribution in [2.45, 2.75) is 0 Å². The second-order valence-corrected chi connectivity index (χ2v) is 5.42. The molecule has 0 aliphatic carbocycles. The van der Waals surface area contributed by atoms with Crippen molar-refractivity contribution in [1.82, 2.24) is 0 Å². The van der Waals surface area contributed by atoms with E-state index in [9.17, 15) is 14.9 Å². The van der Waals surface area contributed by atoms with Crippen molar-refractivity contribution in [3.63, 3.8) is 0 Å². The Hall–Kier alpha value is -2.24. The number of benzene rings is 1. The molecule has 1 N–H and O–H groups in total. The van der Waals surface area contributed by atoms with Crippen molar-refractivity contribution in [2.24, 2.45) is 0 Å². The molecule has 0 saturated heterocycles. The number of nitrogens with zero attached hydrogens (tertiary/aromatic N) is 2. The van der Waals surface area contributed by atoms with Gasteiger partial charge in [-0.15, -0.1) is 11.3 Å². The van der Waals surface area contributed by atoms with Gasteiger partial charge in [-0.05, 0) is 39.5 Å². The molecule has 6 nitrogen and oxygen atoms in total. The average Bonchev–Trinajstić information content (AvgIpc) is 2.86. The maximum atomic E-state index is 12.0. The highest BCUT2D eigenvalue weighted by molar-refractivity contribution is 9.10. The summed E-state index contributed by atoms with van der Waals surface area (Å²) in [5.41, 5.74) is 0.316. The summed E-state index contributed by atoms with van der Waals surface area (Å²) in [6.45, 7) is 0. The lowest BCUT2D eigenvalue weighted by Crippen LogP contribution is -2.12. The molecular weight excluding hydrogens is 346 g/mol. The largest absolute Gasteiger partial charge is 0.312 e. The van der Waals surface area contributed by atoms with Crippen molar-refractivity contribution >= 4 is 43.9 Å². The Kier molecular flexibility index (Phi) is 4.12. The molecule has 0 aliphatic heterocycles. The van der Waals surface area contributed by atoms with Gasteiger partial charge in [0.05, 0.1) is 15.0 Å². The molecule has 0 bridgehead atoms. The molecule has 8 heteroatoms. The van der Waals surface area contributed by atoms with E-state index in [1.807, 2.05) is 6.07 Å². The van der Waals surface area contributed by atoms with Gasteiger partial charge in [-0.3, -0.25) is 14.9 Å². The van der Waals surface area contributed by atoms with Crippen molar-refractivity contribution in [1.29, 1.82) is 5.26 Å². The molecule has 1 aromatic carbocycles. The number of anilines is 1. The molecule has 20 heavy (non-hydrogen) atoms. The summed E-state index contributed by atoms with van der Waals surface area (Å²) in [6, 6.07) is 7.62. The smallest absolute Gasteiger partial charge is 0.284 e. The van der Waals surface area contributed by atoms with Crippen molar-refractivity contribution in [3.05, 3.63) is 55.4 Å². The van der Waals surface area contributed by atoms with Gasteiger partial charge in [-0.25, -0.2) is 0 Å². The first kappa shape index (κ1) is 14.2. The summed E-state index contributed by atoms with van der Waals surface area (Å²) in [5.74, 6) is -0.500. The van der Waals surface area contributed by atoms with Gasteiger partial charge < -0.3 is 5.32 Å². The predicted molar refractivity (Wildman–Crippen MR) is 77.8 cm³/mol. The highest BCUT2D eigenvalue weighted by atomic mass is 79.9. The Morgan fingerprint density at radius 2 is 2.20 bits per heavy atom. The molecule has 0 spiro atoms. The zero-order chi connectivity index (χ0) is 14.7. The van der Waals surface area contributed by atoms with E-state index in [0.717, 1.165) is 0 Å². The number of carbonyl (C=O) groups is 1. The summed E-state index contributed by atoms with van der Waals surface area (Å²) in [4.78, 5) is 22.3. The minimum Gasteiger partial charge on any atom is -0.312 e. The number of nitro groups is 1. The molecule has 0 unspecified atom stereocenters. The molecular formula is C12H6BrN3O3S. The number of nitriles is 1. The Balaban J connectivity index is 2.29. The number of thiophene rings is 1. The molecule has 0 aliphatic rings. The minimum absolute atomic E-state index is 0.150. The van der Waals surface area contributed by atoms with Crippen LogP contribution in [0.2, 0.25) is 0 Å². The number of carbonyl (C=O) groups excluding carboxylic acids is 1. The molecule has 0 radical (unpaired) electrons. The quantitative estimate of drug-likeness (QED) is 0.675. The van der Waals surface area contributed by atoms with Gasteiger partial charge in [0.2, 0.25) is 0 Å². The first-order valence-corrected chi connectivity index (χ1v) is 6.93. The lowest BCUT2D eigenvalue weighted by Gasteiger charge is -2.04. The maximum absolute atomic E-state index is 12.0. The summed E-state index contributed by atoms with van der Waals surface area (Å²) >= 11 is 4.26. The van der Waals surface area contributed by atoms with Crippen LogP contribution in [0.4, 0.5) is 10.7 Å². The Labute approximate surface area is 125 Å². The van der Waals surface area contributed by atoms with Crippen LogP contribution in [-0.4, -0.2) is 10.8 Å². The van der Waals surface area contributed by atoms with Crippen LogP contribution in [0, 0.1) is 21.4 Å². The molecule has 1 heterocycles. The number of hydrogen-bond acceptors (Lipinski definition) is 5. The van der Waals surface area contributed by atoms with Crippen molar-refractivity contribution < 1.29 is 9.72 Å². The van der Waals surface area contributed by atoms with Gasteiger partial charge in [-0.1, -0.05) is 0 Å². The Morgan fingerprint density at radius 3 is 2.85 bits per heavy atom. The molecule has 0 fully saturated rings. The molecule has 2 rings (SSSR count). The minimum atomic E-state index is -0.577. The lowest BCUT2D eigenvalue weighted by molar-refractivity contribution is -0.385. The van der Waals surface area contributed by atoms with Gasteiger partial charge in [0.25, 0.3) is 11.6 Å². The molecule has 0 atom stereocenters. The average molecular weight is 352 g/mol. The molecule has 0 saturated carbocycles. The van der Waals surface area contributed by atoms with Crippen LogP contribution >= 0.6 is 27.3 Å². The van der Waals surface area contributed by atoms with E-state index in [1.165, 1.54) is 29.5 Å². The van der Waals surface area contributed by atoms with E-state index < -0.39 is 10.8 Å². The van der Waals surface area contributed by atoms with Gasteiger partial charge >= 0.3 is 0 Å². The van der Waals surface area contributed by atoms with E-state index in [2.05, 4.69) is 21.2 Å². The van der Waals surface area contributed by atoms with Crippen LogP contribution in [0.1, 0.15) is 15.9 Å². The number of hydrogen-bond donors (Lipinski definition) is 1.